The first kappa shape index (κ1) is 14.3. The van der Waals surface area contributed by atoms with Crippen LogP contribution in [0.5, 0.6) is 0 Å². The third kappa shape index (κ3) is 2.62. The molecule has 0 saturated carbocycles. The van der Waals surface area contributed by atoms with Crippen LogP contribution in [0.2, 0.25) is 5.15 Å². The number of pyridine rings is 1. The van der Waals surface area contributed by atoms with Gasteiger partial charge in [0.1, 0.15) is 5.15 Å². The normalized spacial score (nSPS) is 22.2. The summed E-state index contributed by atoms with van der Waals surface area (Å²) in [5.41, 5.74) is 2.60. The summed E-state index contributed by atoms with van der Waals surface area (Å²) in [6.45, 7) is 6.51. The van der Waals surface area contributed by atoms with Crippen LogP contribution in [0.3, 0.4) is 0 Å². The summed E-state index contributed by atoms with van der Waals surface area (Å²) in [5.74, 6) is 0.858. The quantitative estimate of drug-likeness (QED) is 0.604. The largest absolute Gasteiger partial charge is 0.465 e. The van der Waals surface area contributed by atoms with Crippen LogP contribution in [0.15, 0.2) is 6.07 Å². The SMILES string of the molecule is COC(=O)c1cc(Cl)nc2c1C(C)CCC2C(C)C. The Bertz CT molecular complexity index is 499. The number of halogens is 1. The number of methoxy groups -OCH3 is 1. The molecule has 1 heterocycles. The fraction of sp³-hybridized carbons (Fsp3) is 0.600. The Morgan fingerprint density at radius 1 is 1.47 bits per heavy atom. The number of nitrogens with zero attached hydrogens (tertiary/aromatic N) is 1. The van der Waals surface area contributed by atoms with Gasteiger partial charge in [-0.25, -0.2) is 9.78 Å². The summed E-state index contributed by atoms with van der Waals surface area (Å²) in [7, 11) is 1.40. The molecule has 1 aromatic rings. The van der Waals surface area contributed by atoms with E-state index in [1.54, 1.807) is 6.07 Å². The highest BCUT2D eigenvalue weighted by Crippen LogP contribution is 2.43. The van der Waals surface area contributed by atoms with Crippen molar-refractivity contribution in [1.82, 2.24) is 4.98 Å². The van der Waals surface area contributed by atoms with Gasteiger partial charge >= 0.3 is 5.97 Å². The van der Waals surface area contributed by atoms with Crippen LogP contribution in [-0.2, 0) is 4.74 Å². The minimum absolute atomic E-state index is 0.322. The third-order valence-electron chi connectivity index (χ3n) is 4.02. The Morgan fingerprint density at radius 3 is 2.74 bits per heavy atom. The van der Waals surface area contributed by atoms with E-state index in [2.05, 4.69) is 25.8 Å². The van der Waals surface area contributed by atoms with E-state index in [1.165, 1.54) is 7.11 Å². The van der Waals surface area contributed by atoms with Gasteiger partial charge in [0.05, 0.1) is 12.7 Å². The average molecular weight is 282 g/mol. The van der Waals surface area contributed by atoms with E-state index in [9.17, 15) is 4.79 Å². The van der Waals surface area contributed by atoms with Gasteiger partial charge < -0.3 is 4.74 Å². The van der Waals surface area contributed by atoms with Crippen molar-refractivity contribution in [2.24, 2.45) is 5.92 Å². The Balaban J connectivity index is 2.63. The van der Waals surface area contributed by atoms with Crippen LogP contribution in [0, 0.1) is 5.92 Å². The Hall–Kier alpha value is -1.09. The van der Waals surface area contributed by atoms with Crippen molar-refractivity contribution in [3.05, 3.63) is 28.0 Å². The molecule has 1 aromatic heterocycles. The Kier molecular flexibility index (Phi) is 4.14. The highest BCUT2D eigenvalue weighted by Gasteiger charge is 2.32. The molecule has 2 rings (SSSR count). The van der Waals surface area contributed by atoms with Crippen molar-refractivity contribution in [2.75, 3.05) is 7.11 Å². The lowest BCUT2D eigenvalue weighted by Crippen LogP contribution is -2.22. The molecule has 0 radical (unpaired) electrons. The lowest BCUT2D eigenvalue weighted by atomic mass is 9.74. The molecule has 0 aliphatic heterocycles. The van der Waals surface area contributed by atoms with E-state index in [0.29, 0.717) is 28.5 Å². The molecule has 19 heavy (non-hydrogen) atoms. The third-order valence-corrected chi connectivity index (χ3v) is 4.22. The van der Waals surface area contributed by atoms with Crippen LogP contribution in [-0.4, -0.2) is 18.1 Å². The second-order valence-electron chi connectivity index (χ2n) is 5.61. The highest BCUT2D eigenvalue weighted by molar-refractivity contribution is 6.29. The maximum atomic E-state index is 12.0. The van der Waals surface area contributed by atoms with Crippen molar-refractivity contribution in [1.29, 1.82) is 0 Å². The molecule has 0 N–H and O–H groups in total. The number of rotatable bonds is 2. The monoisotopic (exact) mass is 281 g/mol. The first-order valence-electron chi connectivity index (χ1n) is 6.74. The molecule has 0 fully saturated rings. The number of ether oxygens (including phenoxy) is 1. The zero-order valence-electron chi connectivity index (χ0n) is 11.9. The summed E-state index contributed by atoms with van der Waals surface area (Å²) >= 11 is 6.08. The van der Waals surface area contributed by atoms with Crippen LogP contribution in [0.25, 0.3) is 0 Å². The summed E-state index contributed by atoms with van der Waals surface area (Å²) in [6, 6.07) is 1.63. The van der Waals surface area contributed by atoms with Crippen molar-refractivity contribution in [2.45, 2.75) is 45.4 Å². The van der Waals surface area contributed by atoms with Crippen molar-refractivity contribution < 1.29 is 9.53 Å². The smallest absolute Gasteiger partial charge is 0.338 e. The highest BCUT2D eigenvalue weighted by atomic mass is 35.5. The fourth-order valence-electron chi connectivity index (χ4n) is 2.98. The van der Waals surface area contributed by atoms with Gasteiger partial charge in [-0.1, -0.05) is 32.4 Å². The van der Waals surface area contributed by atoms with E-state index in [1.807, 2.05) is 0 Å². The summed E-state index contributed by atoms with van der Waals surface area (Å²) in [4.78, 5) is 16.5. The molecule has 0 aromatic carbocycles. The number of fused-ring (bicyclic) bond motifs is 1. The zero-order chi connectivity index (χ0) is 14.2. The van der Waals surface area contributed by atoms with Crippen molar-refractivity contribution in [3.63, 3.8) is 0 Å². The number of carbonyl (C=O) groups is 1. The van der Waals surface area contributed by atoms with Gasteiger partial charge in [-0.2, -0.15) is 0 Å². The van der Waals surface area contributed by atoms with Crippen LogP contribution in [0.4, 0.5) is 0 Å². The summed E-state index contributed by atoms with van der Waals surface area (Å²) in [6.07, 6.45) is 2.17. The number of esters is 1. The van der Waals surface area contributed by atoms with E-state index >= 15 is 0 Å². The molecule has 0 saturated heterocycles. The van der Waals surface area contributed by atoms with Gasteiger partial charge in [0, 0.05) is 11.6 Å². The lowest BCUT2D eigenvalue weighted by molar-refractivity contribution is 0.0598. The van der Waals surface area contributed by atoms with Crippen LogP contribution in [0.1, 0.15) is 67.1 Å². The molecule has 104 valence electrons. The molecule has 1 aliphatic rings. The van der Waals surface area contributed by atoms with E-state index in [4.69, 9.17) is 16.3 Å². The number of carbonyl (C=O) groups excluding carboxylic acids is 1. The average Bonchev–Trinajstić information content (AvgIpc) is 2.36. The lowest BCUT2D eigenvalue weighted by Gasteiger charge is -2.32. The predicted molar refractivity (Wildman–Crippen MR) is 75.8 cm³/mol. The van der Waals surface area contributed by atoms with Crippen molar-refractivity contribution in [3.8, 4) is 0 Å². The Labute approximate surface area is 119 Å². The van der Waals surface area contributed by atoms with E-state index in [-0.39, 0.29) is 5.97 Å². The zero-order valence-corrected chi connectivity index (χ0v) is 12.6. The molecule has 0 bridgehead atoms. The first-order valence-corrected chi connectivity index (χ1v) is 7.12. The van der Waals surface area contributed by atoms with Crippen molar-refractivity contribution >= 4 is 17.6 Å². The maximum absolute atomic E-state index is 12.0. The molecular formula is C15H20ClNO2. The second-order valence-corrected chi connectivity index (χ2v) is 6.00. The van der Waals surface area contributed by atoms with Crippen LogP contribution >= 0.6 is 11.6 Å². The predicted octanol–water partition coefficient (Wildman–Crippen LogP) is 4.16. The number of hydrogen-bond donors (Lipinski definition) is 0. The maximum Gasteiger partial charge on any atom is 0.338 e. The summed E-state index contributed by atoms with van der Waals surface area (Å²) in [5, 5.41) is 0.374. The van der Waals surface area contributed by atoms with Gasteiger partial charge in [-0.3, -0.25) is 0 Å². The molecule has 3 nitrogen and oxygen atoms in total. The number of aromatic nitrogens is 1. The minimum Gasteiger partial charge on any atom is -0.465 e. The molecule has 2 unspecified atom stereocenters. The van der Waals surface area contributed by atoms with Crippen LogP contribution < -0.4 is 0 Å². The molecule has 1 aliphatic carbocycles. The molecule has 0 spiro atoms. The Morgan fingerprint density at radius 2 is 2.16 bits per heavy atom. The number of hydrogen-bond acceptors (Lipinski definition) is 3. The van der Waals surface area contributed by atoms with Gasteiger partial charge in [-0.05, 0) is 36.3 Å². The minimum atomic E-state index is -0.322. The first-order chi connectivity index (χ1) is 8.95. The van der Waals surface area contributed by atoms with E-state index < -0.39 is 0 Å². The second kappa shape index (κ2) is 5.49. The molecule has 4 heteroatoms. The standard InChI is InChI=1S/C15H20ClNO2/c1-8(2)10-6-5-9(3)13-11(15(18)19-4)7-12(16)17-14(10)13/h7-10H,5-6H2,1-4H3. The molecule has 0 amide bonds. The molecular weight excluding hydrogens is 262 g/mol. The van der Waals surface area contributed by atoms with Gasteiger partial charge in [-0.15, -0.1) is 0 Å². The molecule has 2 atom stereocenters. The van der Waals surface area contributed by atoms with E-state index in [0.717, 1.165) is 24.1 Å². The van der Waals surface area contributed by atoms with Gasteiger partial charge in [0.15, 0.2) is 0 Å². The fourth-order valence-corrected chi connectivity index (χ4v) is 3.18. The summed E-state index contributed by atoms with van der Waals surface area (Å²) < 4.78 is 4.88. The topological polar surface area (TPSA) is 39.2 Å². The van der Waals surface area contributed by atoms with Gasteiger partial charge in [0.25, 0.3) is 0 Å². The van der Waals surface area contributed by atoms with Gasteiger partial charge in [0.2, 0.25) is 0 Å².